The van der Waals surface area contributed by atoms with Crippen molar-refractivity contribution in [2.75, 3.05) is 26.3 Å². The molecule has 1 amide bonds. The Balaban J connectivity index is 1.38. The first-order chi connectivity index (χ1) is 15.1. The van der Waals surface area contributed by atoms with Gasteiger partial charge in [-0.05, 0) is 38.1 Å². The number of aromatic nitrogens is 2. The molecule has 1 aliphatic heterocycles. The number of hydrogen-bond acceptors (Lipinski definition) is 9. The molecule has 8 nitrogen and oxygen atoms in total. The van der Waals surface area contributed by atoms with Gasteiger partial charge in [0.2, 0.25) is 0 Å². The van der Waals surface area contributed by atoms with E-state index >= 15 is 0 Å². The van der Waals surface area contributed by atoms with Crippen LogP contribution in [0.5, 0.6) is 5.75 Å². The summed E-state index contributed by atoms with van der Waals surface area (Å²) in [6.45, 7) is 5.83. The van der Waals surface area contributed by atoms with Crippen molar-refractivity contribution in [1.29, 1.82) is 0 Å². The molecule has 31 heavy (non-hydrogen) atoms. The van der Waals surface area contributed by atoms with E-state index in [1.54, 1.807) is 24.3 Å². The average molecular weight is 462 g/mol. The van der Waals surface area contributed by atoms with E-state index in [1.807, 2.05) is 28.7 Å². The van der Waals surface area contributed by atoms with E-state index in [4.69, 9.17) is 19.0 Å². The Morgan fingerprint density at radius 1 is 1.23 bits per heavy atom. The molecule has 0 unspecified atom stereocenters. The van der Waals surface area contributed by atoms with Gasteiger partial charge < -0.3 is 18.9 Å². The van der Waals surface area contributed by atoms with Crippen molar-refractivity contribution in [3.05, 3.63) is 38.5 Å². The van der Waals surface area contributed by atoms with Crippen molar-refractivity contribution in [1.82, 2.24) is 15.0 Å². The fraction of sp³-hybridized carbons (Fsp3) is 0.429. The summed E-state index contributed by atoms with van der Waals surface area (Å²) in [4.78, 5) is 31.9. The molecule has 0 bridgehead atoms. The highest BCUT2D eigenvalue weighted by Gasteiger charge is 2.29. The lowest BCUT2D eigenvalue weighted by molar-refractivity contribution is 0.0514. The van der Waals surface area contributed by atoms with Crippen molar-refractivity contribution in [2.24, 2.45) is 0 Å². The zero-order chi connectivity index (χ0) is 21.8. The second-order valence-corrected chi connectivity index (χ2v) is 8.79. The van der Waals surface area contributed by atoms with Gasteiger partial charge in [-0.1, -0.05) is 5.16 Å². The zero-order valence-corrected chi connectivity index (χ0v) is 19.0. The number of hydrogen-bond donors (Lipinski definition) is 0. The summed E-state index contributed by atoms with van der Waals surface area (Å²) < 4.78 is 15.8. The Kier molecular flexibility index (Phi) is 6.67. The monoisotopic (exact) mass is 461 g/mol. The van der Waals surface area contributed by atoms with Crippen LogP contribution in [0.4, 0.5) is 0 Å². The van der Waals surface area contributed by atoms with E-state index in [2.05, 4.69) is 5.16 Å². The molecular weight excluding hydrogens is 438 g/mol. The molecule has 1 saturated heterocycles. The van der Waals surface area contributed by atoms with Crippen LogP contribution < -0.4 is 4.74 Å². The normalized spacial score (nSPS) is 14.6. The quantitative estimate of drug-likeness (QED) is 0.480. The van der Waals surface area contributed by atoms with Crippen molar-refractivity contribution < 1.29 is 23.6 Å². The van der Waals surface area contributed by atoms with E-state index in [1.165, 1.54) is 11.3 Å². The number of nitrogens with zero attached hydrogens (tertiary/aromatic N) is 3. The Morgan fingerprint density at radius 2 is 2.03 bits per heavy atom. The lowest BCUT2D eigenvalue weighted by Gasteiger charge is -2.31. The summed E-state index contributed by atoms with van der Waals surface area (Å²) in [5.74, 6) is 0.913. The van der Waals surface area contributed by atoms with Gasteiger partial charge in [-0.25, -0.2) is 9.78 Å². The Hall–Kier alpha value is -2.72. The van der Waals surface area contributed by atoms with Gasteiger partial charge in [0.1, 0.15) is 16.3 Å². The summed E-state index contributed by atoms with van der Waals surface area (Å²) in [6, 6.07) is 3.40. The Bertz CT molecular complexity index is 1050. The van der Waals surface area contributed by atoms with E-state index in [0.29, 0.717) is 41.8 Å². The van der Waals surface area contributed by atoms with Gasteiger partial charge in [0.25, 0.3) is 5.91 Å². The number of rotatable bonds is 7. The predicted octanol–water partition coefficient (Wildman–Crippen LogP) is 4.45. The van der Waals surface area contributed by atoms with E-state index in [9.17, 15) is 9.59 Å². The van der Waals surface area contributed by atoms with Gasteiger partial charge in [-0.2, -0.15) is 0 Å². The molecule has 10 heteroatoms. The van der Waals surface area contributed by atoms with Crippen LogP contribution in [-0.2, 0) is 4.74 Å². The number of carbonyl (C=O) groups excluding carboxylic acids is 2. The first-order valence-electron chi connectivity index (χ1n) is 10.2. The number of ether oxygens (including phenoxy) is 2. The minimum Gasteiger partial charge on any atom is -0.492 e. The largest absolute Gasteiger partial charge is 0.492 e. The molecule has 0 atom stereocenters. The summed E-state index contributed by atoms with van der Waals surface area (Å²) >= 11 is 2.98. The van der Waals surface area contributed by atoms with Crippen LogP contribution >= 0.6 is 22.7 Å². The average Bonchev–Trinajstić information content (AvgIpc) is 3.54. The minimum atomic E-state index is -0.511. The summed E-state index contributed by atoms with van der Waals surface area (Å²) in [5, 5.41) is 8.56. The second kappa shape index (κ2) is 9.61. The molecule has 3 aromatic heterocycles. The highest BCUT2D eigenvalue weighted by atomic mass is 32.1. The second-order valence-electron chi connectivity index (χ2n) is 6.98. The van der Waals surface area contributed by atoms with Crippen molar-refractivity contribution in [2.45, 2.75) is 32.6 Å². The van der Waals surface area contributed by atoms with Gasteiger partial charge in [0.15, 0.2) is 11.5 Å². The first-order valence-corrected chi connectivity index (χ1v) is 12.0. The molecule has 0 spiro atoms. The molecule has 3 aromatic rings. The highest BCUT2D eigenvalue weighted by Crippen LogP contribution is 2.34. The van der Waals surface area contributed by atoms with Gasteiger partial charge in [0, 0.05) is 30.5 Å². The number of likely N-dealkylation sites (tertiary alicyclic amines) is 1. The first kappa shape index (κ1) is 21.5. The third-order valence-corrected chi connectivity index (χ3v) is 6.91. The van der Waals surface area contributed by atoms with Crippen LogP contribution in [0.25, 0.3) is 11.5 Å². The topological polar surface area (TPSA) is 94.8 Å². The van der Waals surface area contributed by atoms with Crippen LogP contribution in [0.15, 0.2) is 27.4 Å². The van der Waals surface area contributed by atoms with Gasteiger partial charge in [-0.15, -0.1) is 22.7 Å². The van der Waals surface area contributed by atoms with Gasteiger partial charge >= 0.3 is 5.97 Å². The van der Waals surface area contributed by atoms with Crippen LogP contribution in [0.1, 0.15) is 57.8 Å². The molecule has 0 saturated carbocycles. The van der Waals surface area contributed by atoms with E-state index in [-0.39, 0.29) is 24.1 Å². The summed E-state index contributed by atoms with van der Waals surface area (Å²) in [7, 11) is 0. The lowest BCUT2D eigenvalue weighted by Crippen LogP contribution is -2.37. The lowest BCUT2D eigenvalue weighted by atomic mass is 9.97. The maximum Gasteiger partial charge on any atom is 0.360 e. The molecule has 0 aliphatic carbocycles. The smallest absolute Gasteiger partial charge is 0.360 e. The molecule has 1 fully saturated rings. The fourth-order valence-corrected chi connectivity index (χ4v) is 5.26. The Morgan fingerprint density at radius 3 is 2.77 bits per heavy atom. The molecule has 4 rings (SSSR count). The van der Waals surface area contributed by atoms with Crippen LogP contribution in [0, 0.1) is 0 Å². The standard InChI is InChI=1S/C21H23N3O5S2/c1-3-27-16-7-10-30-18(16)20(25)24-8-5-13(6-9-24)19-22-15(12-31-19)17-11-14(23-29-17)21(26)28-4-2/h7,10-13H,3-6,8-9H2,1-2H3. The van der Waals surface area contributed by atoms with E-state index in [0.717, 1.165) is 17.8 Å². The fourth-order valence-electron chi connectivity index (χ4n) is 3.48. The molecular formula is C21H23N3O5S2. The third-order valence-electron chi connectivity index (χ3n) is 5.02. The highest BCUT2D eigenvalue weighted by molar-refractivity contribution is 7.12. The summed E-state index contributed by atoms with van der Waals surface area (Å²) in [6.07, 6.45) is 1.69. The minimum absolute atomic E-state index is 0.0323. The van der Waals surface area contributed by atoms with Crippen molar-refractivity contribution in [3.8, 4) is 17.2 Å². The van der Waals surface area contributed by atoms with Gasteiger partial charge in [-0.3, -0.25) is 4.79 Å². The van der Waals surface area contributed by atoms with Gasteiger partial charge in [0.05, 0.1) is 18.2 Å². The number of esters is 1. The molecule has 164 valence electrons. The van der Waals surface area contributed by atoms with E-state index < -0.39 is 5.97 Å². The predicted molar refractivity (Wildman–Crippen MR) is 117 cm³/mol. The SMILES string of the molecule is CCOC(=O)c1cc(-c2csc(C3CCN(C(=O)c4sccc4OCC)CC3)n2)on1. The number of piperidine rings is 1. The molecule has 4 heterocycles. The van der Waals surface area contributed by atoms with Crippen LogP contribution in [0.3, 0.4) is 0 Å². The zero-order valence-electron chi connectivity index (χ0n) is 17.3. The molecule has 1 aliphatic rings. The third kappa shape index (κ3) is 4.64. The van der Waals surface area contributed by atoms with Crippen LogP contribution in [0.2, 0.25) is 0 Å². The number of amides is 1. The van der Waals surface area contributed by atoms with Crippen molar-refractivity contribution >= 4 is 34.6 Å². The Labute approximate surface area is 187 Å². The van der Waals surface area contributed by atoms with Crippen molar-refractivity contribution in [3.63, 3.8) is 0 Å². The van der Waals surface area contributed by atoms with Crippen LogP contribution in [-0.4, -0.2) is 53.2 Å². The molecule has 0 N–H and O–H groups in total. The maximum atomic E-state index is 12.9. The number of thiophene rings is 1. The molecule has 0 aromatic carbocycles. The maximum absolute atomic E-state index is 12.9. The molecule has 0 radical (unpaired) electrons. The number of carbonyl (C=O) groups is 2. The summed E-state index contributed by atoms with van der Waals surface area (Å²) in [5.41, 5.74) is 0.791. The number of thiazole rings is 1.